The lowest BCUT2D eigenvalue weighted by atomic mass is 10.1. The monoisotopic (exact) mass is 241 g/mol. The van der Waals surface area contributed by atoms with Gasteiger partial charge in [0.2, 0.25) is 0 Å². The van der Waals surface area contributed by atoms with Crippen molar-refractivity contribution in [3.63, 3.8) is 0 Å². The molecule has 0 radical (unpaired) electrons. The number of aromatic nitrogens is 1. The van der Waals surface area contributed by atoms with E-state index in [2.05, 4.69) is 4.98 Å². The zero-order valence-electron chi connectivity index (χ0n) is 10.0. The minimum Gasteiger partial charge on any atom is -0.495 e. The summed E-state index contributed by atoms with van der Waals surface area (Å²) in [7, 11) is 0. The molecule has 0 fully saturated rings. The molecule has 1 N–H and O–H groups in total. The second-order valence-electron chi connectivity index (χ2n) is 4.43. The lowest BCUT2D eigenvalue weighted by Crippen LogP contribution is -2.11. The Bertz CT molecular complexity index is 592. The Morgan fingerprint density at radius 3 is 2.89 bits per heavy atom. The first-order chi connectivity index (χ1) is 8.84. The van der Waals surface area contributed by atoms with Crippen molar-refractivity contribution < 1.29 is 9.84 Å². The van der Waals surface area contributed by atoms with Crippen LogP contribution in [0.5, 0.6) is 0 Å². The first-order valence-corrected chi connectivity index (χ1v) is 6.21. The fourth-order valence-corrected chi connectivity index (χ4v) is 2.15. The number of aliphatic hydroxyl groups excluding tert-OH is 1. The van der Waals surface area contributed by atoms with Crippen LogP contribution in [0, 0.1) is 0 Å². The van der Waals surface area contributed by atoms with Crippen LogP contribution in [0.2, 0.25) is 0 Å². The highest BCUT2D eigenvalue weighted by molar-refractivity contribution is 5.78. The van der Waals surface area contributed by atoms with Crippen LogP contribution in [0.15, 0.2) is 48.2 Å². The normalized spacial score (nSPS) is 17.1. The average Bonchev–Trinajstić information content (AvgIpc) is 2.47. The van der Waals surface area contributed by atoms with E-state index < -0.39 is 6.10 Å². The Kier molecular flexibility index (Phi) is 2.99. The number of pyridine rings is 1. The minimum atomic E-state index is -0.755. The lowest BCUT2D eigenvalue weighted by Gasteiger charge is -2.19. The molecule has 1 aliphatic rings. The van der Waals surface area contributed by atoms with E-state index in [1.54, 1.807) is 0 Å². The van der Waals surface area contributed by atoms with E-state index >= 15 is 0 Å². The van der Waals surface area contributed by atoms with Crippen molar-refractivity contribution in [2.45, 2.75) is 18.9 Å². The molecule has 0 aliphatic carbocycles. The van der Waals surface area contributed by atoms with Gasteiger partial charge in [-0.15, -0.1) is 0 Å². The number of para-hydroxylation sites is 1. The van der Waals surface area contributed by atoms with Gasteiger partial charge in [-0.2, -0.15) is 0 Å². The first kappa shape index (κ1) is 11.2. The van der Waals surface area contributed by atoms with E-state index in [0.29, 0.717) is 18.1 Å². The molecule has 1 aliphatic heterocycles. The van der Waals surface area contributed by atoms with Crippen LogP contribution in [0.25, 0.3) is 10.9 Å². The van der Waals surface area contributed by atoms with Gasteiger partial charge in [-0.25, -0.2) is 4.98 Å². The van der Waals surface area contributed by atoms with Crippen molar-refractivity contribution in [3.05, 3.63) is 53.9 Å². The molecule has 2 aromatic rings. The fraction of sp³-hybridized carbons (Fsp3) is 0.267. The highest BCUT2D eigenvalue weighted by Gasteiger charge is 2.18. The van der Waals surface area contributed by atoms with Crippen LogP contribution in [0.1, 0.15) is 24.6 Å². The zero-order valence-corrected chi connectivity index (χ0v) is 10.0. The number of benzene rings is 1. The number of fused-ring (bicyclic) bond motifs is 1. The fourth-order valence-electron chi connectivity index (χ4n) is 2.15. The molecule has 3 rings (SSSR count). The van der Waals surface area contributed by atoms with Crippen molar-refractivity contribution in [1.82, 2.24) is 4.98 Å². The third-order valence-corrected chi connectivity index (χ3v) is 3.13. The van der Waals surface area contributed by atoms with Gasteiger partial charge in [0.25, 0.3) is 0 Å². The summed E-state index contributed by atoms with van der Waals surface area (Å²) in [4.78, 5) is 4.48. The number of aliphatic hydroxyl groups is 1. The predicted molar refractivity (Wildman–Crippen MR) is 70.0 cm³/mol. The molecule has 0 spiro atoms. The quantitative estimate of drug-likeness (QED) is 0.879. The molecule has 1 aromatic carbocycles. The maximum Gasteiger partial charge on any atom is 0.152 e. The molecular weight excluding hydrogens is 226 g/mol. The number of allylic oxidation sites excluding steroid dienone is 1. The van der Waals surface area contributed by atoms with Crippen molar-refractivity contribution in [2.24, 2.45) is 0 Å². The maximum absolute atomic E-state index is 10.2. The van der Waals surface area contributed by atoms with Crippen LogP contribution in [-0.2, 0) is 4.74 Å². The first-order valence-electron chi connectivity index (χ1n) is 6.21. The molecule has 18 heavy (non-hydrogen) atoms. The average molecular weight is 241 g/mol. The molecule has 3 nitrogen and oxygen atoms in total. The van der Waals surface area contributed by atoms with Crippen molar-refractivity contribution in [2.75, 3.05) is 6.61 Å². The van der Waals surface area contributed by atoms with E-state index in [1.807, 2.05) is 42.5 Å². The Morgan fingerprint density at radius 2 is 2.06 bits per heavy atom. The minimum absolute atomic E-state index is 0.629. The number of hydrogen-bond acceptors (Lipinski definition) is 3. The van der Waals surface area contributed by atoms with Gasteiger partial charge >= 0.3 is 0 Å². The third kappa shape index (κ3) is 2.09. The van der Waals surface area contributed by atoms with Crippen LogP contribution < -0.4 is 0 Å². The molecule has 92 valence electrons. The summed E-state index contributed by atoms with van der Waals surface area (Å²) >= 11 is 0. The van der Waals surface area contributed by atoms with Crippen LogP contribution >= 0.6 is 0 Å². The molecule has 1 unspecified atom stereocenters. The van der Waals surface area contributed by atoms with Gasteiger partial charge in [0.1, 0.15) is 5.76 Å². The molecule has 0 amide bonds. The maximum atomic E-state index is 10.2. The van der Waals surface area contributed by atoms with Gasteiger partial charge < -0.3 is 9.84 Å². The third-order valence-electron chi connectivity index (χ3n) is 3.13. The number of ether oxygens (including phenoxy) is 1. The van der Waals surface area contributed by atoms with Crippen molar-refractivity contribution >= 4 is 10.9 Å². The Hall–Kier alpha value is -1.87. The molecule has 3 heteroatoms. The predicted octanol–water partition coefficient (Wildman–Crippen LogP) is 2.96. The standard InChI is InChI=1S/C15H15NO2/c17-15(14-7-3-4-10-18-14)13-9-8-11-5-1-2-6-12(11)16-13/h1-2,5-9,15,17H,3-4,10H2. The van der Waals surface area contributed by atoms with E-state index in [1.165, 1.54) is 0 Å². The summed E-state index contributed by atoms with van der Waals surface area (Å²) in [6.45, 7) is 0.677. The molecule has 1 atom stereocenters. The van der Waals surface area contributed by atoms with Gasteiger partial charge in [-0.3, -0.25) is 0 Å². The van der Waals surface area contributed by atoms with Gasteiger partial charge in [-0.1, -0.05) is 24.3 Å². The van der Waals surface area contributed by atoms with Crippen LogP contribution in [0.3, 0.4) is 0 Å². The summed E-state index contributed by atoms with van der Waals surface area (Å²) in [6, 6.07) is 11.7. The molecule has 2 heterocycles. The zero-order chi connectivity index (χ0) is 12.4. The van der Waals surface area contributed by atoms with Crippen LogP contribution in [-0.4, -0.2) is 16.7 Å². The summed E-state index contributed by atoms with van der Waals surface area (Å²) in [5.74, 6) is 0.629. The molecule has 0 saturated heterocycles. The number of rotatable bonds is 2. The Balaban J connectivity index is 1.96. The van der Waals surface area contributed by atoms with Crippen LogP contribution in [0.4, 0.5) is 0 Å². The largest absolute Gasteiger partial charge is 0.495 e. The topological polar surface area (TPSA) is 42.4 Å². The smallest absolute Gasteiger partial charge is 0.152 e. The van der Waals surface area contributed by atoms with E-state index in [4.69, 9.17) is 4.74 Å². The highest BCUT2D eigenvalue weighted by Crippen LogP contribution is 2.25. The molecular formula is C15H15NO2. The second kappa shape index (κ2) is 4.78. The van der Waals surface area contributed by atoms with E-state index in [9.17, 15) is 5.11 Å². The number of nitrogens with zero attached hydrogens (tertiary/aromatic N) is 1. The van der Waals surface area contributed by atoms with Gasteiger partial charge in [0, 0.05) is 5.39 Å². The van der Waals surface area contributed by atoms with E-state index in [0.717, 1.165) is 23.7 Å². The van der Waals surface area contributed by atoms with Crippen molar-refractivity contribution in [1.29, 1.82) is 0 Å². The van der Waals surface area contributed by atoms with Gasteiger partial charge in [-0.05, 0) is 31.1 Å². The SMILES string of the molecule is OC(C1=CCCCO1)c1ccc2ccccc2n1. The summed E-state index contributed by atoms with van der Waals surface area (Å²) in [5, 5.41) is 11.3. The number of hydrogen-bond donors (Lipinski definition) is 1. The lowest BCUT2D eigenvalue weighted by molar-refractivity contribution is 0.0896. The molecule has 0 saturated carbocycles. The molecule has 0 bridgehead atoms. The highest BCUT2D eigenvalue weighted by atomic mass is 16.5. The summed E-state index contributed by atoms with van der Waals surface area (Å²) < 4.78 is 5.48. The van der Waals surface area contributed by atoms with Gasteiger partial charge in [0.15, 0.2) is 6.10 Å². The van der Waals surface area contributed by atoms with E-state index in [-0.39, 0.29) is 0 Å². The Labute approximate surface area is 106 Å². The van der Waals surface area contributed by atoms with Gasteiger partial charge in [0.05, 0.1) is 17.8 Å². The van der Waals surface area contributed by atoms with Crippen molar-refractivity contribution in [3.8, 4) is 0 Å². The molecule has 1 aromatic heterocycles. The Morgan fingerprint density at radius 1 is 1.17 bits per heavy atom. The summed E-state index contributed by atoms with van der Waals surface area (Å²) in [5.41, 5.74) is 1.53. The second-order valence-corrected chi connectivity index (χ2v) is 4.43. The summed E-state index contributed by atoms with van der Waals surface area (Å²) in [6.07, 6.45) is 3.17.